The highest BCUT2D eigenvalue weighted by Crippen LogP contribution is 2.04. The van der Waals surface area contributed by atoms with Crippen LogP contribution >= 0.6 is 0 Å². The van der Waals surface area contributed by atoms with Gasteiger partial charge in [0.15, 0.2) is 0 Å². The number of carbonyl (C=O) groups is 7. The molecule has 0 aliphatic heterocycles. The van der Waals surface area contributed by atoms with Crippen molar-refractivity contribution in [3.05, 3.63) is 0 Å². The van der Waals surface area contributed by atoms with Gasteiger partial charge in [0, 0.05) is 0 Å². The number of primary amides is 1. The maximum Gasteiger partial charge on any atom is 0.326 e. The minimum Gasteiger partial charge on any atom is -0.481 e. The summed E-state index contributed by atoms with van der Waals surface area (Å²) in [5, 5.41) is 33.2. The summed E-state index contributed by atoms with van der Waals surface area (Å²) in [4.78, 5) is 81.7. The molecule has 12 N–H and O–H groups in total. The van der Waals surface area contributed by atoms with Crippen molar-refractivity contribution in [3.8, 4) is 0 Å². The predicted molar refractivity (Wildman–Crippen MR) is 113 cm³/mol. The van der Waals surface area contributed by atoms with Crippen LogP contribution in [0.2, 0.25) is 0 Å². The SMILES string of the molecule is NCCCC[C@H](NC(=O)[C@H](CC(N)=O)NC(=O)[C@H](CC(=O)O)NC(=O)[C@@H](N)CC(=O)O)C(=O)O. The number of aliphatic carboxylic acids is 3. The van der Waals surface area contributed by atoms with Gasteiger partial charge in [-0.25, -0.2) is 4.79 Å². The van der Waals surface area contributed by atoms with E-state index in [2.05, 4.69) is 10.6 Å². The van der Waals surface area contributed by atoms with E-state index in [0.717, 1.165) is 0 Å². The van der Waals surface area contributed by atoms with E-state index in [1.807, 2.05) is 5.32 Å². The molecule has 192 valence electrons. The summed E-state index contributed by atoms with van der Waals surface area (Å²) < 4.78 is 0. The zero-order chi connectivity index (χ0) is 26.4. The molecule has 0 bridgehead atoms. The second kappa shape index (κ2) is 15.1. The third kappa shape index (κ3) is 12.3. The van der Waals surface area contributed by atoms with Crippen LogP contribution in [0, 0.1) is 0 Å². The van der Waals surface area contributed by atoms with Gasteiger partial charge in [-0.05, 0) is 25.8 Å². The van der Waals surface area contributed by atoms with Crippen LogP contribution in [0.15, 0.2) is 0 Å². The third-order valence-corrected chi connectivity index (χ3v) is 4.34. The molecule has 4 atom stereocenters. The van der Waals surface area contributed by atoms with E-state index < -0.39 is 85.0 Å². The third-order valence-electron chi connectivity index (χ3n) is 4.34. The van der Waals surface area contributed by atoms with Crippen molar-refractivity contribution in [2.45, 2.75) is 62.7 Å². The average Bonchev–Trinajstić information content (AvgIpc) is 2.70. The van der Waals surface area contributed by atoms with E-state index in [-0.39, 0.29) is 6.42 Å². The lowest BCUT2D eigenvalue weighted by Crippen LogP contribution is -2.58. The van der Waals surface area contributed by atoms with Gasteiger partial charge in [-0.1, -0.05) is 0 Å². The quantitative estimate of drug-likeness (QED) is 0.0877. The van der Waals surface area contributed by atoms with Gasteiger partial charge in [-0.2, -0.15) is 0 Å². The molecule has 4 amide bonds. The van der Waals surface area contributed by atoms with Crippen LogP contribution in [-0.2, 0) is 33.6 Å². The lowest BCUT2D eigenvalue weighted by molar-refractivity contribution is -0.144. The molecule has 0 aliphatic rings. The van der Waals surface area contributed by atoms with Gasteiger partial charge in [0.2, 0.25) is 23.6 Å². The first kappa shape index (κ1) is 30.2. The Morgan fingerprint density at radius 2 is 1.15 bits per heavy atom. The maximum absolute atomic E-state index is 12.6. The molecule has 0 spiro atoms. The highest BCUT2D eigenvalue weighted by atomic mass is 16.4. The number of amides is 4. The van der Waals surface area contributed by atoms with Gasteiger partial charge in [-0.15, -0.1) is 0 Å². The lowest BCUT2D eigenvalue weighted by Gasteiger charge is -2.24. The van der Waals surface area contributed by atoms with Gasteiger partial charge in [0.25, 0.3) is 0 Å². The van der Waals surface area contributed by atoms with Crippen molar-refractivity contribution in [3.63, 3.8) is 0 Å². The number of nitrogens with one attached hydrogen (secondary N) is 3. The van der Waals surface area contributed by atoms with Crippen LogP contribution in [0.25, 0.3) is 0 Å². The summed E-state index contributed by atoms with van der Waals surface area (Å²) >= 11 is 0. The monoisotopic (exact) mass is 490 g/mol. The average molecular weight is 490 g/mol. The summed E-state index contributed by atoms with van der Waals surface area (Å²) in [6.07, 6.45) is -1.68. The molecule has 16 nitrogen and oxygen atoms in total. The summed E-state index contributed by atoms with van der Waals surface area (Å²) in [6, 6.07) is -6.46. The fourth-order valence-corrected chi connectivity index (χ4v) is 2.65. The molecule has 0 aromatic heterocycles. The molecule has 0 aliphatic carbocycles. The van der Waals surface area contributed by atoms with E-state index in [0.29, 0.717) is 19.4 Å². The van der Waals surface area contributed by atoms with Crippen LogP contribution in [0.4, 0.5) is 0 Å². The molecule has 0 radical (unpaired) electrons. The highest BCUT2D eigenvalue weighted by molar-refractivity contribution is 5.97. The Kier molecular flexibility index (Phi) is 13.4. The molecule has 0 aromatic rings. The normalized spacial score (nSPS) is 14.1. The molecule has 0 rings (SSSR count). The van der Waals surface area contributed by atoms with Crippen LogP contribution in [0.5, 0.6) is 0 Å². The van der Waals surface area contributed by atoms with Crippen molar-refractivity contribution < 1.29 is 48.9 Å². The highest BCUT2D eigenvalue weighted by Gasteiger charge is 2.32. The van der Waals surface area contributed by atoms with Gasteiger partial charge < -0.3 is 48.5 Å². The number of nitrogens with two attached hydrogens (primary N) is 3. The van der Waals surface area contributed by atoms with Crippen molar-refractivity contribution >= 4 is 41.5 Å². The van der Waals surface area contributed by atoms with E-state index in [1.54, 1.807) is 0 Å². The number of carboxylic acid groups (broad SMARTS) is 3. The second-order valence-corrected chi connectivity index (χ2v) is 7.28. The molecule has 34 heavy (non-hydrogen) atoms. The van der Waals surface area contributed by atoms with Crippen LogP contribution in [0.3, 0.4) is 0 Å². The molecule has 0 fully saturated rings. The number of carboxylic acids is 3. The zero-order valence-corrected chi connectivity index (χ0v) is 18.2. The molecule has 0 saturated carbocycles. The van der Waals surface area contributed by atoms with Crippen molar-refractivity contribution in [1.29, 1.82) is 0 Å². The fraction of sp³-hybridized carbons (Fsp3) is 0.611. The number of carbonyl (C=O) groups excluding carboxylic acids is 4. The molecule has 0 heterocycles. The van der Waals surface area contributed by atoms with Gasteiger partial charge in [0.05, 0.1) is 25.3 Å². The Hall–Kier alpha value is -3.79. The lowest BCUT2D eigenvalue weighted by atomic mass is 10.1. The molecular formula is C18H30N6O10. The Morgan fingerprint density at radius 3 is 1.59 bits per heavy atom. The first-order valence-electron chi connectivity index (χ1n) is 10.1. The first-order valence-corrected chi connectivity index (χ1v) is 10.1. The first-order chi connectivity index (χ1) is 15.8. The topological polar surface area (TPSA) is 294 Å². The molecular weight excluding hydrogens is 460 g/mol. The number of rotatable bonds is 17. The van der Waals surface area contributed by atoms with E-state index >= 15 is 0 Å². The van der Waals surface area contributed by atoms with Gasteiger partial charge in [-0.3, -0.25) is 28.8 Å². The van der Waals surface area contributed by atoms with Crippen LogP contribution in [0.1, 0.15) is 38.5 Å². The van der Waals surface area contributed by atoms with Crippen LogP contribution in [-0.4, -0.2) is 87.6 Å². The van der Waals surface area contributed by atoms with Gasteiger partial charge in [0.1, 0.15) is 18.1 Å². The fourth-order valence-electron chi connectivity index (χ4n) is 2.65. The van der Waals surface area contributed by atoms with Gasteiger partial charge >= 0.3 is 17.9 Å². The summed E-state index contributed by atoms with van der Waals surface area (Å²) in [5.41, 5.74) is 15.8. The Bertz CT molecular complexity index is 789. The summed E-state index contributed by atoms with van der Waals surface area (Å²) in [5.74, 6) is -8.83. The Balaban J connectivity index is 5.50. The Morgan fingerprint density at radius 1 is 0.676 bits per heavy atom. The Labute approximate surface area is 193 Å². The minimum absolute atomic E-state index is 0.00860. The van der Waals surface area contributed by atoms with E-state index in [9.17, 15) is 38.7 Å². The van der Waals surface area contributed by atoms with E-state index in [1.165, 1.54) is 0 Å². The molecule has 0 unspecified atom stereocenters. The van der Waals surface area contributed by atoms with E-state index in [4.69, 9.17) is 27.4 Å². The smallest absolute Gasteiger partial charge is 0.326 e. The van der Waals surface area contributed by atoms with Crippen molar-refractivity contribution in [1.82, 2.24) is 16.0 Å². The minimum atomic E-state index is -1.80. The number of hydrogen-bond donors (Lipinski definition) is 9. The standard InChI is InChI=1S/C18H30N6O10/c19-4-2-1-3-9(18(33)34)22-16(31)10(6-12(21)25)24-17(32)11(7-14(28)29)23-15(30)8(20)5-13(26)27/h8-11H,1-7,19-20H2,(H2,21,25)(H,22,31)(H,23,30)(H,24,32)(H,26,27)(H,28,29)(H,33,34)/t8-,9-,10-,11-/m0/s1. The largest absolute Gasteiger partial charge is 0.481 e. The second-order valence-electron chi connectivity index (χ2n) is 7.28. The maximum atomic E-state index is 12.6. The number of hydrogen-bond acceptors (Lipinski definition) is 9. The molecule has 0 aromatic carbocycles. The van der Waals surface area contributed by atoms with Crippen molar-refractivity contribution in [2.75, 3.05) is 6.54 Å². The predicted octanol–water partition coefficient (Wildman–Crippen LogP) is -4.19. The summed E-state index contributed by atoms with van der Waals surface area (Å²) in [7, 11) is 0. The van der Waals surface area contributed by atoms with Crippen LogP contribution < -0.4 is 33.2 Å². The molecule has 16 heteroatoms. The van der Waals surface area contributed by atoms with Crippen molar-refractivity contribution in [2.24, 2.45) is 17.2 Å². The molecule has 0 saturated heterocycles. The number of unbranched alkanes of at least 4 members (excludes halogenated alkanes) is 1. The summed E-state index contributed by atoms with van der Waals surface area (Å²) in [6.45, 7) is 0.299. The zero-order valence-electron chi connectivity index (χ0n) is 18.2.